The van der Waals surface area contributed by atoms with Crippen LogP contribution >= 0.6 is 11.6 Å². The van der Waals surface area contributed by atoms with Crippen molar-refractivity contribution >= 4 is 23.1 Å². The maximum atomic E-state index is 14.2. The Morgan fingerprint density at radius 1 is 1.37 bits per heavy atom. The molecule has 0 N–H and O–H groups in total. The van der Waals surface area contributed by atoms with Crippen molar-refractivity contribution in [3.63, 3.8) is 0 Å². The minimum absolute atomic E-state index is 0.00348. The molecule has 2 aromatic heterocycles. The highest BCUT2D eigenvalue weighted by atomic mass is 35.5. The van der Waals surface area contributed by atoms with E-state index in [1.165, 1.54) is 0 Å². The number of oxazole rings is 1. The van der Waals surface area contributed by atoms with Gasteiger partial charge in [0.25, 0.3) is 0 Å². The minimum Gasteiger partial charge on any atom is -0.446 e. The predicted octanol–water partition coefficient (Wildman–Crippen LogP) is 5.65. The van der Waals surface area contributed by atoms with Gasteiger partial charge in [0.1, 0.15) is 22.4 Å². The van der Waals surface area contributed by atoms with Crippen LogP contribution in [0.3, 0.4) is 0 Å². The summed E-state index contributed by atoms with van der Waals surface area (Å²) in [6.45, 7) is 10.5. The third-order valence-corrected chi connectivity index (χ3v) is 5.40. The highest BCUT2D eigenvalue weighted by molar-refractivity contribution is 6.32. The zero-order chi connectivity index (χ0) is 19.6. The summed E-state index contributed by atoms with van der Waals surface area (Å²) < 4.78 is 19.6. The number of carbonyl (C=O) groups is 1. The normalized spacial score (nSPS) is 19.7. The van der Waals surface area contributed by atoms with E-state index in [9.17, 15) is 9.18 Å². The number of aryl methyl sites for hydroxylation is 2. The van der Waals surface area contributed by atoms with Crippen molar-refractivity contribution in [1.82, 2.24) is 9.97 Å². The van der Waals surface area contributed by atoms with Gasteiger partial charge >= 0.3 is 0 Å². The average Bonchev–Trinajstić information content (AvgIpc) is 2.96. The maximum Gasteiger partial charge on any atom is 0.226 e. The van der Waals surface area contributed by atoms with Crippen LogP contribution in [0, 0.1) is 38.1 Å². The van der Waals surface area contributed by atoms with Gasteiger partial charge in [-0.2, -0.15) is 0 Å². The number of aromatic nitrogens is 2. The monoisotopic (exact) mass is 389 g/mol. The van der Waals surface area contributed by atoms with Crippen LogP contribution in [0.2, 0.25) is 5.15 Å². The Labute approximate surface area is 162 Å². The fourth-order valence-electron chi connectivity index (χ4n) is 3.91. The Morgan fingerprint density at radius 3 is 2.78 bits per heavy atom. The number of ketones is 1. The first-order valence-electron chi connectivity index (χ1n) is 9.07. The van der Waals surface area contributed by atoms with Crippen molar-refractivity contribution < 1.29 is 13.6 Å². The number of halogens is 2. The Bertz CT molecular complexity index is 903. The number of nitrogens with zero attached hydrogens (tertiary/aromatic N) is 3. The van der Waals surface area contributed by atoms with Gasteiger partial charge < -0.3 is 4.42 Å². The average molecular weight is 390 g/mol. The van der Waals surface area contributed by atoms with Crippen LogP contribution in [0.1, 0.15) is 59.9 Å². The molecule has 0 amide bonds. The standard InChI is InChI=1S/C20H21ClFN3O2/c1-11-19(24-12(2)27-11)18(26)9-14-6-4-5-13(7-14)8-16-15(22)10-17(23-3)20(21)25-16/h10,13-14H,4-9H2,1-2H3/t13-,14+/m1/s1. The van der Waals surface area contributed by atoms with Crippen molar-refractivity contribution in [3.05, 3.63) is 51.5 Å². The molecule has 5 nitrogen and oxygen atoms in total. The van der Waals surface area contributed by atoms with Crippen LogP contribution in [-0.2, 0) is 6.42 Å². The molecule has 27 heavy (non-hydrogen) atoms. The molecule has 0 bridgehead atoms. The summed E-state index contributed by atoms with van der Waals surface area (Å²) in [6.07, 6.45) is 4.68. The number of rotatable bonds is 5. The first kappa shape index (κ1) is 19.5. The Hall–Kier alpha value is -2.26. The van der Waals surface area contributed by atoms with E-state index in [0.29, 0.717) is 35.9 Å². The van der Waals surface area contributed by atoms with Crippen LogP contribution < -0.4 is 0 Å². The van der Waals surface area contributed by atoms with Gasteiger partial charge in [-0.05, 0) is 44.1 Å². The van der Waals surface area contributed by atoms with E-state index in [-0.39, 0.29) is 28.5 Å². The molecule has 0 saturated heterocycles. The molecule has 0 spiro atoms. The van der Waals surface area contributed by atoms with Gasteiger partial charge in [0.15, 0.2) is 11.7 Å². The fraction of sp³-hybridized carbons (Fsp3) is 0.500. The molecule has 0 aromatic carbocycles. The summed E-state index contributed by atoms with van der Waals surface area (Å²) in [7, 11) is 0. The van der Waals surface area contributed by atoms with Crippen LogP contribution in [-0.4, -0.2) is 15.8 Å². The Balaban J connectivity index is 1.65. The number of hydrogen-bond donors (Lipinski definition) is 0. The predicted molar refractivity (Wildman–Crippen MR) is 99.5 cm³/mol. The molecule has 0 radical (unpaired) electrons. The summed E-state index contributed by atoms with van der Waals surface area (Å²) in [5, 5.41) is 0.0424. The molecule has 142 valence electrons. The number of hydrogen-bond acceptors (Lipinski definition) is 4. The SMILES string of the molecule is [C-]#[N+]c1cc(F)c(C[C@@H]2CCC[C@H](CC(=O)c3nc(C)oc3C)C2)nc1Cl. The summed E-state index contributed by atoms with van der Waals surface area (Å²) in [5.74, 6) is 1.06. The molecule has 1 aliphatic rings. The Morgan fingerprint density at radius 2 is 2.11 bits per heavy atom. The van der Waals surface area contributed by atoms with E-state index in [1.807, 2.05) is 0 Å². The van der Waals surface area contributed by atoms with Gasteiger partial charge in [0, 0.05) is 13.3 Å². The first-order chi connectivity index (χ1) is 12.9. The molecule has 7 heteroatoms. The lowest BCUT2D eigenvalue weighted by molar-refractivity contribution is 0.0933. The molecular weight excluding hydrogens is 369 g/mol. The van der Waals surface area contributed by atoms with Gasteiger partial charge in [-0.15, -0.1) is 0 Å². The molecule has 3 rings (SSSR count). The van der Waals surface area contributed by atoms with Crippen LogP contribution in [0.25, 0.3) is 4.85 Å². The molecule has 1 fully saturated rings. The Kier molecular flexibility index (Phi) is 5.91. The summed E-state index contributed by atoms with van der Waals surface area (Å²) in [6, 6.07) is 1.15. The van der Waals surface area contributed by atoms with Crippen LogP contribution in [0.15, 0.2) is 10.5 Å². The maximum absolute atomic E-state index is 14.2. The number of Topliss-reactive ketones (excluding diaryl/α,β-unsaturated/α-hetero) is 1. The van der Waals surface area contributed by atoms with E-state index in [0.717, 1.165) is 31.7 Å². The zero-order valence-corrected chi connectivity index (χ0v) is 16.1. The van der Waals surface area contributed by atoms with Gasteiger partial charge in [0.05, 0.1) is 12.3 Å². The van der Waals surface area contributed by atoms with Gasteiger partial charge in [-0.25, -0.2) is 19.2 Å². The molecule has 1 aliphatic carbocycles. The lowest BCUT2D eigenvalue weighted by atomic mass is 9.77. The lowest BCUT2D eigenvalue weighted by Gasteiger charge is -2.28. The fourth-order valence-corrected chi connectivity index (χ4v) is 4.11. The molecule has 2 atom stereocenters. The second-order valence-corrected chi connectivity index (χ2v) is 7.56. The van der Waals surface area contributed by atoms with E-state index in [4.69, 9.17) is 22.6 Å². The molecular formula is C20H21ClFN3O2. The summed E-state index contributed by atoms with van der Waals surface area (Å²) in [4.78, 5) is 24.0. The molecule has 0 aliphatic heterocycles. The van der Waals surface area contributed by atoms with Crippen molar-refractivity contribution in [2.45, 2.75) is 52.4 Å². The highest BCUT2D eigenvalue weighted by Crippen LogP contribution is 2.35. The number of carbonyl (C=O) groups excluding carboxylic acids is 1. The van der Waals surface area contributed by atoms with Crippen molar-refractivity contribution in [1.29, 1.82) is 0 Å². The molecule has 1 saturated carbocycles. The molecule has 2 aromatic rings. The van der Waals surface area contributed by atoms with E-state index in [1.54, 1.807) is 13.8 Å². The van der Waals surface area contributed by atoms with Gasteiger partial charge in [0.2, 0.25) is 5.69 Å². The van der Waals surface area contributed by atoms with E-state index >= 15 is 0 Å². The van der Waals surface area contributed by atoms with Crippen molar-refractivity contribution in [2.24, 2.45) is 11.8 Å². The van der Waals surface area contributed by atoms with Crippen molar-refractivity contribution in [3.8, 4) is 0 Å². The summed E-state index contributed by atoms with van der Waals surface area (Å²) >= 11 is 5.95. The van der Waals surface area contributed by atoms with Gasteiger partial charge in [-0.1, -0.05) is 24.4 Å². The minimum atomic E-state index is -0.489. The zero-order valence-electron chi connectivity index (χ0n) is 15.4. The first-order valence-corrected chi connectivity index (χ1v) is 9.44. The van der Waals surface area contributed by atoms with E-state index < -0.39 is 5.82 Å². The van der Waals surface area contributed by atoms with Crippen molar-refractivity contribution in [2.75, 3.05) is 0 Å². The van der Waals surface area contributed by atoms with Crippen LogP contribution in [0.4, 0.5) is 10.1 Å². The topological polar surface area (TPSA) is 60.4 Å². The third-order valence-electron chi connectivity index (χ3n) is 5.12. The third kappa shape index (κ3) is 4.54. The van der Waals surface area contributed by atoms with E-state index in [2.05, 4.69) is 14.8 Å². The molecule has 2 heterocycles. The second-order valence-electron chi connectivity index (χ2n) is 7.21. The smallest absolute Gasteiger partial charge is 0.226 e. The number of pyridine rings is 1. The largest absolute Gasteiger partial charge is 0.446 e. The quantitative estimate of drug-likeness (QED) is 0.376. The van der Waals surface area contributed by atoms with Crippen LogP contribution in [0.5, 0.6) is 0 Å². The highest BCUT2D eigenvalue weighted by Gasteiger charge is 2.27. The summed E-state index contributed by atoms with van der Waals surface area (Å²) in [5.41, 5.74) is 0.750. The second kappa shape index (κ2) is 8.18. The lowest BCUT2D eigenvalue weighted by Crippen LogP contribution is -2.21. The molecule has 0 unspecified atom stereocenters. The van der Waals surface area contributed by atoms with Gasteiger partial charge in [-0.3, -0.25) is 4.79 Å².